The van der Waals surface area contributed by atoms with Gasteiger partial charge in [0.1, 0.15) is 0 Å². The van der Waals surface area contributed by atoms with E-state index in [1.54, 1.807) is 0 Å². The summed E-state index contributed by atoms with van der Waals surface area (Å²) in [5, 5.41) is 3.03. The third-order valence-electron chi connectivity index (χ3n) is 3.46. The van der Waals surface area contributed by atoms with Gasteiger partial charge < -0.3 is 11.1 Å². The SMILES string of the molecule is CC(C)C(C)NC(=O)CN1CCC(CN)C1. The lowest BCUT2D eigenvalue weighted by molar-refractivity contribution is -0.122. The van der Waals surface area contributed by atoms with Crippen LogP contribution in [-0.2, 0) is 4.79 Å². The number of nitrogens with zero attached hydrogens (tertiary/aromatic N) is 1. The lowest BCUT2D eigenvalue weighted by atomic mass is 10.1. The highest BCUT2D eigenvalue weighted by Crippen LogP contribution is 2.13. The fraction of sp³-hybridized carbons (Fsp3) is 0.917. The molecule has 1 rings (SSSR count). The van der Waals surface area contributed by atoms with Crippen molar-refractivity contribution in [2.45, 2.75) is 33.2 Å². The Bertz CT molecular complexity index is 230. The molecule has 0 radical (unpaired) electrons. The van der Waals surface area contributed by atoms with Crippen molar-refractivity contribution < 1.29 is 4.79 Å². The van der Waals surface area contributed by atoms with E-state index in [0.29, 0.717) is 18.4 Å². The smallest absolute Gasteiger partial charge is 0.234 e. The summed E-state index contributed by atoms with van der Waals surface area (Å²) in [6.07, 6.45) is 1.13. The highest BCUT2D eigenvalue weighted by Gasteiger charge is 2.23. The van der Waals surface area contributed by atoms with Crippen molar-refractivity contribution in [2.75, 3.05) is 26.2 Å². The summed E-state index contributed by atoms with van der Waals surface area (Å²) in [7, 11) is 0. The summed E-state index contributed by atoms with van der Waals surface area (Å²) in [6.45, 7) is 9.52. The molecule has 2 unspecified atom stereocenters. The molecule has 1 fully saturated rings. The molecule has 2 atom stereocenters. The summed E-state index contributed by atoms with van der Waals surface area (Å²) in [4.78, 5) is 13.9. The zero-order valence-electron chi connectivity index (χ0n) is 10.7. The summed E-state index contributed by atoms with van der Waals surface area (Å²) in [6, 6.07) is 0.250. The lowest BCUT2D eigenvalue weighted by Gasteiger charge is -2.20. The maximum Gasteiger partial charge on any atom is 0.234 e. The zero-order chi connectivity index (χ0) is 12.1. The van der Waals surface area contributed by atoms with Gasteiger partial charge in [-0.1, -0.05) is 13.8 Å². The summed E-state index contributed by atoms with van der Waals surface area (Å²) < 4.78 is 0. The zero-order valence-corrected chi connectivity index (χ0v) is 10.7. The van der Waals surface area contributed by atoms with E-state index in [-0.39, 0.29) is 11.9 Å². The van der Waals surface area contributed by atoms with Crippen LogP contribution < -0.4 is 11.1 Å². The Balaban J connectivity index is 2.25. The third-order valence-corrected chi connectivity index (χ3v) is 3.46. The first-order chi connectivity index (χ1) is 7.52. The van der Waals surface area contributed by atoms with Gasteiger partial charge in [-0.2, -0.15) is 0 Å². The molecular formula is C12H25N3O. The molecule has 4 nitrogen and oxygen atoms in total. The first-order valence-corrected chi connectivity index (χ1v) is 6.24. The molecule has 0 aromatic heterocycles. The van der Waals surface area contributed by atoms with Crippen LogP contribution in [0.3, 0.4) is 0 Å². The standard InChI is InChI=1S/C12H25N3O/c1-9(2)10(3)14-12(16)8-15-5-4-11(6-13)7-15/h9-11H,4-8,13H2,1-3H3,(H,14,16). The number of hydrogen-bond donors (Lipinski definition) is 2. The number of rotatable bonds is 5. The second-order valence-corrected chi connectivity index (χ2v) is 5.23. The van der Waals surface area contributed by atoms with E-state index < -0.39 is 0 Å². The highest BCUT2D eigenvalue weighted by atomic mass is 16.2. The average Bonchev–Trinajstić information content (AvgIpc) is 2.65. The van der Waals surface area contributed by atoms with Crippen molar-refractivity contribution in [1.82, 2.24) is 10.2 Å². The van der Waals surface area contributed by atoms with Gasteiger partial charge in [-0.15, -0.1) is 0 Å². The molecule has 0 aromatic rings. The first kappa shape index (κ1) is 13.5. The third kappa shape index (κ3) is 4.10. The second-order valence-electron chi connectivity index (χ2n) is 5.23. The number of hydrogen-bond acceptors (Lipinski definition) is 3. The molecule has 1 aliphatic heterocycles. The van der Waals surface area contributed by atoms with E-state index in [9.17, 15) is 4.79 Å². The first-order valence-electron chi connectivity index (χ1n) is 6.24. The Hall–Kier alpha value is -0.610. The number of nitrogens with one attached hydrogen (secondary N) is 1. The highest BCUT2D eigenvalue weighted by molar-refractivity contribution is 5.78. The van der Waals surface area contributed by atoms with E-state index in [0.717, 1.165) is 26.1 Å². The second kappa shape index (κ2) is 6.21. The van der Waals surface area contributed by atoms with Crippen LogP contribution in [0.4, 0.5) is 0 Å². The minimum atomic E-state index is 0.138. The monoisotopic (exact) mass is 227 g/mol. The van der Waals surface area contributed by atoms with Crippen LogP contribution in [0.5, 0.6) is 0 Å². The Morgan fingerprint density at radius 1 is 1.50 bits per heavy atom. The minimum Gasteiger partial charge on any atom is -0.352 e. The molecule has 0 aliphatic carbocycles. The van der Waals surface area contributed by atoms with Crippen LogP contribution in [0.15, 0.2) is 0 Å². The number of amides is 1. The van der Waals surface area contributed by atoms with Gasteiger partial charge in [-0.3, -0.25) is 9.69 Å². The Morgan fingerprint density at radius 3 is 2.69 bits per heavy atom. The molecule has 1 aliphatic rings. The summed E-state index contributed by atoms with van der Waals surface area (Å²) in [5.74, 6) is 1.20. The van der Waals surface area contributed by atoms with Gasteiger partial charge in [-0.25, -0.2) is 0 Å². The van der Waals surface area contributed by atoms with Gasteiger partial charge in [-0.05, 0) is 38.3 Å². The molecule has 0 aromatic carbocycles. The quantitative estimate of drug-likeness (QED) is 0.716. The molecule has 3 N–H and O–H groups in total. The van der Waals surface area contributed by atoms with E-state index in [1.807, 2.05) is 0 Å². The fourth-order valence-electron chi connectivity index (χ4n) is 1.92. The number of carbonyl (C=O) groups is 1. The average molecular weight is 227 g/mol. The normalized spacial score (nSPS) is 23.7. The molecule has 1 saturated heterocycles. The number of likely N-dealkylation sites (tertiary alicyclic amines) is 1. The fourth-order valence-corrected chi connectivity index (χ4v) is 1.92. The maximum absolute atomic E-state index is 11.7. The molecule has 0 bridgehead atoms. The van der Waals surface area contributed by atoms with Crippen molar-refractivity contribution in [2.24, 2.45) is 17.6 Å². The Kier molecular flexibility index (Phi) is 5.22. The van der Waals surface area contributed by atoms with Gasteiger partial charge in [0.2, 0.25) is 5.91 Å². The number of nitrogens with two attached hydrogens (primary N) is 1. The van der Waals surface area contributed by atoms with Crippen molar-refractivity contribution >= 4 is 5.91 Å². The van der Waals surface area contributed by atoms with Crippen molar-refractivity contribution in [3.63, 3.8) is 0 Å². The molecule has 1 heterocycles. The molecule has 16 heavy (non-hydrogen) atoms. The van der Waals surface area contributed by atoms with Crippen LogP contribution in [0.2, 0.25) is 0 Å². The van der Waals surface area contributed by atoms with Crippen LogP contribution in [-0.4, -0.2) is 43.0 Å². The maximum atomic E-state index is 11.7. The van der Waals surface area contributed by atoms with E-state index in [1.165, 1.54) is 0 Å². The Morgan fingerprint density at radius 2 is 2.19 bits per heavy atom. The van der Waals surface area contributed by atoms with Crippen LogP contribution in [0, 0.1) is 11.8 Å². The molecule has 0 spiro atoms. The van der Waals surface area contributed by atoms with Crippen molar-refractivity contribution in [3.8, 4) is 0 Å². The number of carbonyl (C=O) groups excluding carboxylic acids is 1. The van der Waals surface area contributed by atoms with Gasteiger partial charge in [0.25, 0.3) is 0 Å². The van der Waals surface area contributed by atoms with E-state index >= 15 is 0 Å². The molecule has 94 valence electrons. The van der Waals surface area contributed by atoms with Gasteiger partial charge in [0.05, 0.1) is 6.54 Å². The van der Waals surface area contributed by atoms with Crippen molar-refractivity contribution in [3.05, 3.63) is 0 Å². The van der Waals surface area contributed by atoms with Gasteiger partial charge in [0.15, 0.2) is 0 Å². The lowest BCUT2D eigenvalue weighted by Crippen LogP contribution is -2.42. The van der Waals surface area contributed by atoms with Crippen LogP contribution >= 0.6 is 0 Å². The van der Waals surface area contributed by atoms with Gasteiger partial charge in [0, 0.05) is 12.6 Å². The van der Waals surface area contributed by atoms with Crippen LogP contribution in [0.1, 0.15) is 27.2 Å². The topological polar surface area (TPSA) is 58.4 Å². The largest absolute Gasteiger partial charge is 0.352 e. The molecule has 1 amide bonds. The van der Waals surface area contributed by atoms with Crippen molar-refractivity contribution in [1.29, 1.82) is 0 Å². The molecule has 0 saturated carbocycles. The summed E-state index contributed by atoms with van der Waals surface area (Å²) >= 11 is 0. The summed E-state index contributed by atoms with van der Waals surface area (Å²) in [5.41, 5.74) is 5.62. The Labute approximate surface area is 98.6 Å². The molecule has 4 heteroatoms. The van der Waals surface area contributed by atoms with Crippen LogP contribution in [0.25, 0.3) is 0 Å². The minimum absolute atomic E-state index is 0.138. The van der Waals surface area contributed by atoms with Gasteiger partial charge >= 0.3 is 0 Å². The predicted molar refractivity (Wildman–Crippen MR) is 66.0 cm³/mol. The molecular weight excluding hydrogens is 202 g/mol. The van der Waals surface area contributed by atoms with E-state index in [4.69, 9.17) is 5.73 Å². The van der Waals surface area contributed by atoms with E-state index in [2.05, 4.69) is 31.0 Å². The predicted octanol–water partition coefficient (Wildman–Crippen LogP) is 0.428.